The number of rotatable bonds is 6. The van der Waals surface area contributed by atoms with Gasteiger partial charge in [-0.2, -0.15) is 9.61 Å². The normalized spacial score (nSPS) is 23.5. The number of hydrogen-bond donors (Lipinski definition) is 3. The third kappa shape index (κ3) is 3.68. The van der Waals surface area contributed by atoms with Gasteiger partial charge in [-0.25, -0.2) is 18.2 Å². The minimum Gasteiger partial charge on any atom is -0.373 e. The average molecular weight is 461 g/mol. The Labute approximate surface area is 186 Å². The lowest BCUT2D eigenvalue weighted by molar-refractivity contribution is -0.102. The molecule has 3 aromatic heterocycles. The zero-order valence-electron chi connectivity index (χ0n) is 17.7. The molecule has 0 aliphatic heterocycles. The number of carbonyl (C=O) groups excluding carboxylic acids is 1. The van der Waals surface area contributed by atoms with Crippen LogP contribution in [-0.4, -0.2) is 50.3 Å². The molecule has 0 bridgehead atoms. The lowest BCUT2D eigenvalue weighted by Gasteiger charge is -2.36. The summed E-state index contributed by atoms with van der Waals surface area (Å²) in [6, 6.07) is 3.46. The molecule has 3 N–H and O–H groups in total. The highest BCUT2D eigenvalue weighted by Crippen LogP contribution is 2.38. The van der Waals surface area contributed by atoms with Crippen LogP contribution in [0.15, 0.2) is 35.4 Å². The van der Waals surface area contributed by atoms with E-state index in [2.05, 4.69) is 26.0 Å². The number of alkyl halides is 3. The van der Waals surface area contributed by atoms with Gasteiger partial charge in [0.05, 0.1) is 12.2 Å². The summed E-state index contributed by atoms with van der Waals surface area (Å²) >= 11 is 0. The summed E-state index contributed by atoms with van der Waals surface area (Å²) in [5, 5.41) is 12.4. The summed E-state index contributed by atoms with van der Waals surface area (Å²) in [6.45, 7) is 0. The lowest BCUT2D eigenvalue weighted by atomic mass is 9.88. The Morgan fingerprint density at radius 2 is 2.09 bits per heavy atom. The van der Waals surface area contributed by atoms with Crippen LogP contribution in [0.3, 0.4) is 0 Å². The van der Waals surface area contributed by atoms with Gasteiger partial charge in [-0.1, -0.05) is 0 Å². The molecule has 1 unspecified atom stereocenters. The van der Waals surface area contributed by atoms with Crippen LogP contribution in [0.4, 0.5) is 30.5 Å². The Morgan fingerprint density at radius 3 is 2.73 bits per heavy atom. The summed E-state index contributed by atoms with van der Waals surface area (Å²) in [6.07, 6.45) is 2.52. The molecule has 3 aromatic rings. The number of hydrogen-bond acceptors (Lipinski definition) is 6. The molecular formula is C21H22F3N7O2. The van der Waals surface area contributed by atoms with Crippen LogP contribution in [0.5, 0.6) is 0 Å². The number of nitrogens with one attached hydrogen (secondary N) is 3. The van der Waals surface area contributed by atoms with E-state index in [1.807, 2.05) is 0 Å². The summed E-state index contributed by atoms with van der Waals surface area (Å²) in [5.74, 6) is -2.91. The maximum atomic E-state index is 13.6. The standard InChI is InChI=1S/C21H22F3N7O2/c1-25-17-9-16(27-14-3-2-6-30(20(14)33)12-7-11(22)8-12)29-18-13(10-26-31(17)18)19(32)28-15-4-5-21(15,23)24/h2-3,6,9-12,15,25H,4-5,7-8H2,1H3,(H,27,29)(H,28,32)/t11-,12-,15?. The van der Waals surface area contributed by atoms with E-state index in [4.69, 9.17) is 0 Å². The first kappa shape index (κ1) is 21.3. The van der Waals surface area contributed by atoms with Crippen molar-refractivity contribution in [3.8, 4) is 0 Å². The van der Waals surface area contributed by atoms with Crippen LogP contribution in [0, 0.1) is 0 Å². The highest BCUT2D eigenvalue weighted by atomic mass is 19.3. The van der Waals surface area contributed by atoms with Crippen molar-refractivity contribution in [1.29, 1.82) is 0 Å². The number of pyridine rings is 1. The van der Waals surface area contributed by atoms with Gasteiger partial charge >= 0.3 is 0 Å². The molecule has 33 heavy (non-hydrogen) atoms. The topological polar surface area (TPSA) is 105 Å². The average Bonchev–Trinajstić information content (AvgIpc) is 3.19. The lowest BCUT2D eigenvalue weighted by Crippen LogP contribution is -2.55. The van der Waals surface area contributed by atoms with Gasteiger partial charge in [0.25, 0.3) is 17.4 Å². The molecule has 0 spiro atoms. The molecule has 0 aromatic carbocycles. The Bertz CT molecular complexity index is 1280. The third-order valence-corrected chi connectivity index (χ3v) is 6.24. The molecule has 3 heterocycles. The minimum atomic E-state index is -2.93. The van der Waals surface area contributed by atoms with Crippen LogP contribution >= 0.6 is 0 Å². The number of anilines is 3. The second-order valence-corrected chi connectivity index (χ2v) is 8.38. The maximum Gasteiger partial charge on any atom is 0.274 e. The van der Waals surface area contributed by atoms with Gasteiger partial charge in [0, 0.05) is 31.8 Å². The summed E-state index contributed by atoms with van der Waals surface area (Å²) in [5.41, 5.74) is 0.0888. The summed E-state index contributed by atoms with van der Waals surface area (Å²) in [7, 11) is 1.65. The zero-order valence-corrected chi connectivity index (χ0v) is 17.7. The van der Waals surface area contributed by atoms with Gasteiger partial charge in [-0.15, -0.1) is 0 Å². The summed E-state index contributed by atoms with van der Waals surface area (Å²) < 4.78 is 43.3. The van der Waals surface area contributed by atoms with E-state index in [1.54, 1.807) is 31.4 Å². The molecule has 9 nitrogen and oxygen atoms in total. The van der Waals surface area contributed by atoms with E-state index in [0.717, 1.165) is 0 Å². The first-order valence-electron chi connectivity index (χ1n) is 10.6. The van der Waals surface area contributed by atoms with Crippen molar-refractivity contribution in [3.63, 3.8) is 0 Å². The van der Waals surface area contributed by atoms with E-state index >= 15 is 0 Å². The van der Waals surface area contributed by atoms with E-state index in [9.17, 15) is 22.8 Å². The van der Waals surface area contributed by atoms with Crippen molar-refractivity contribution >= 4 is 28.9 Å². The Kier molecular flexibility index (Phi) is 5.02. The molecule has 1 atom stereocenters. The Morgan fingerprint density at radius 1 is 1.30 bits per heavy atom. The quantitative estimate of drug-likeness (QED) is 0.522. The van der Waals surface area contributed by atoms with Gasteiger partial charge in [-0.05, 0) is 31.4 Å². The maximum absolute atomic E-state index is 13.6. The van der Waals surface area contributed by atoms with Crippen molar-refractivity contribution in [2.75, 3.05) is 17.7 Å². The molecule has 2 aliphatic carbocycles. The molecule has 2 saturated carbocycles. The van der Waals surface area contributed by atoms with Gasteiger partial charge in [0.1, 0.15) is 29.1 Å². The molecule has 0 radical (unpaired) electrons. The van der Waals surface area contributed by atoms with Crippen molar-refractivity contribution in [1.82, 2.24) is 24.5 Å². The fraction of sp³-hybridized carbons (Fsp3) is 0.429. The van der Waals surface area contributed by atoms with Gasteiger partial charge < -0.3 is 20.5 Å². The monoisotopic (exact) mass is 461 g/mol. The predicted molar refractivity (Wildman–Crippen MR) is 115 cm³/mol. The van der Waals surface area contributed by atoms with Crippen LogP contribution in [0.1, 0.15) is 42.1 Å². The fourth-order valence-corrected chi connectivity index (χ4v) is 4.07. The first-order chi connectivity index (χ1) is 15.8. The Hall–Kier alpha value is -3.57. The van der Waals surface area contributed by atoms with Gasteiger partial charge in [0.15, 0.2) is 5.65 Å². The molecule has 2 fully saturated rings. The molecular weight excluding hydrogens is 439 g/mol. The fourth-order valence-electron chi connectivity index (χ4n) is 4.07. The van der Waals surface area contributed by atoms with E-state index < -0.39 is 24.0 Å². The summed E-state index contributed by atoms with van der Waals surface area (Å²) in [4.78, 5) is 29.9. The number of amides is 1. The predicted octanol–water partition coefficient (Wildman–Crippen LogP) is 2.88. The van der Waals surface area contributed by atoms with Crippen LogP contribution in [0.2, 0.25) is 0 Å². The van der Waals surface area contributed by atoms with Gasteiger partial charge in [-0.3, -0.25) is 9.59 Å². The second-order valence-electron chi connectivity index (χ2n) is 8.38. The molecule has 5 rings (SSSR count). The first-order valence-corrected chi connectivity index (χ1v) is 10.6. The van der Waals surface area contributed by atoms with Crippen LogP contribution < -0.4 is 21.5 Å². The highest BCUT2D eigenvalue weighted by molar-refractivity contribution is 6.00. The van der Waals surface area contributed by atoms with Crippen LogP contribution in [-0.2, 0) is 0 Å². The number of halogens is 3. The smallest absolute Gasteiger partial charge is 0.274 e. The highest BCUT2D eigenvalue weighted by Gasteiger charge is 2.49. The largest absolute Gasteiger partial charge is 0.373 e. The van der Waals surface area contributed by atoms with E-state index in [-0.39, 0.29) is 47.2 Å². The van der Waals surface area contributed by atoms with Crippen molar-refractivity contribution in [2.45, 2.75) is 49.9 Å². The Balaban J connectivity index is 1.46. The number of aromatic nitrogens is 4. The second kappa shape index (κ2) is 7.78. The van der Waals surface area contributed by atoms with Crippen molar-refractivity contribution < 1.29 is 18.0 Å². The molecule has 2 aliphatic rings. The van der Waals surface area contributed by atoms with E-state index in [1.165, 1.54) is 15.3 Å². The third-order valence-electron chi connectivity index (χ3n) is 6.24. The van der Waals surface area contributed by atoms with E-state index in [0.29, 0.717) is 18.7 Å². The van der Waals surface area contributed by atoms with Crippen molar-refractivity contribution in [3.05, 3.63) is 46.5 Å². The number of fused-ring (bicyclic) bond motifs is 1. The molecule has 0 saturated heterocycles. The molecule has 1 amide bonds. The SMILES string of the molecule is CNc1cc(Nc2cccn([C@H]3C[C@H](F)C3)c2=O)nc2c(C(=O)NC3CCC3(F)F)cnn12. The zero-order chi connectivity index (χ0) is 23.3. The van der Waals surface area contributed by atoms with Crippen molar-refractivity contribution in [2.24, 2.45) is 0 Å². The molecule has 12 heteroatoms. The van der Waals surface area contributed by atoms with Gasteiger partial charge in [0.2, 0.25) is 0 Å². The number of carbonyl (C=O) groups is 1. The minimum absolute atomic E-state index is 0.0341. The van der Waals surface area contributed by atoms with Crippen LogP contribution in [0.25, 0.3) is 5.65 Å². The molecule has 174 valence electrons. The number of nitrogens with zero attached hydrogens (tertiary/aromatic N) is 4.